The fourth-order valence-electron chi connectivity index (χ4n) is 3.73. The maximum Gasteiger partial charge on any atom is 0.233 e. The summed E-state index contributed by atoms with van der Waals surface area (Å²) in [5, 5.41) is 0.734. The molecule has 6 heteroatoms. The quantitative estimate of drug-likeness (QED) is 0.263. The van der Waals surface area contributed by atoms with Crippen LogP contribution in [-0.4, -0.2) is 22.1 Å². The Balaban J connectivity index is 1.53. The molecule has 168 valence electrons. The fraction of sp³-hybridized carbons (Fsp3) is 0.107. The van der Waals surface area contributed by atoms with E-state index in [9.17, 15) is 0 Å². The zero-order valence-electron chi connectivity index (χ0n) is 19.3. The molecule has 0 aliphatic carbocycles. The molecule has 0 saturated heterocycles. The molecular weight excluding hydrogens is 440 g/mol. The van der Waals surface area contributed by atoms with E-state index in [-0.39, 0.29) is 0 Å². The van der Waals surface area contributed by atoms with Crippen molar-refractivity contribution in [1.82, 2.24) is 15.0 Å². The summed E-state index contributed by atoms with van der Waals surface area (Å²) >= 11 is 1.53. The first-order valence-electron chi connectivity index (χ1n) is 11.0. The largest absolute Gasteiger partial charge is 0.480 e. The Morgan fingerprint density at radius 2 is 1.21 bits per heavy atom. The lowest BCUT2D eigenvalue weighted by Crippen LogP contribution is -2.09. The third-order valence-electron chi connectivity index (χ3n) is 5.52. The number of benzene rings is 3. The van der Waals surface area contributed by atoms with E-state index in [4.69, 9.17) is 4.74 Å². The fourth-order valence-corrected chi connectivity index (χ4v) is 4.72. The molecular formula is C28H24N4OS. The highest BCUT2D eigenvalue weighted by Gasteiger charge is 2.18. The van der Waals surface area contributed by atoms with Crippen molar-refractivity contribution >= 4 is 28.4 Å². The third kappa shape index (κ3) is 4.40. The van der Waals surface area contributed by atoms with Crippen molar-refractivity contribution in [2.45, 2.75) is 13.8 Å². The normalized spacial score (nSPS) is 10.8. The second kappa shape index (κ2) is 9.45. The van der Waals surface area contributed by atoms with E-state index in [1.807, 2.05) is 0 Å². The van der Waals surface area contributed by atoms with Gasteiger partial charge in [-0.2, -0.15) is 4.98 Å². The number of nitrogens with zero attached hydrogens (tertiary/aromatic N) is 4. The van der Waals surface area contributed by atoms with Gasteiger partial charge in [0.15, 0.2) is 10.8 Å². The average Bonchev–Trinajstić information content (AvgIpc) is 3.32. The molecule has 0 saturated carbocycles. The van der Waals surface area contributed by atoms with E-state index in [0.29, 0.717) is 11.7 Å². The second-order valence-electron chi connectivity index (χ2n) is 7.98. The minimum atomic E-state index is 0.578. The first-order chi connectivity index (χ1) is 16.6. The van der Waals surface area contributed by atoms with Crippen LogP contribution in [0.5, 0.6) is 5.88 Å². The van der Waals surface area contributed by atoms with Crippen LogP contribution in [0, 0.1) is 13.8 Å². The van der Waals surface area contributed by atoms with E-state index in [2.05, 4.69) is 106 Å². The van der Waals surface area contributed by atoms with E-state index in [1.165, 1.54) is 22.5 Å². The molecule has 0 aliphatic rings. The van der Waals surface area contributed by atoms with Crippen molar-refractivity contribution in [3.8, 4) is 27.2 Å². The van der Waals surface area contributed by atoms with Crippen LogP contribution in [0.15, 0.2) is 91.3 Å². The van der Waals surface area contributed by atoms with Crippen molar-refractivity contribution in [2.75, 3.05) is 12.0 Å². The summed E-state index contributed by atoms with van der Waals surface area (Å²) in [6, 6.07) is 27.4. The van der Waals surface area contributed by atoms with Crippen LogP contribution in [0.25, 0.3) is 21.3 Å². The summed E-state index contributed by atoms with van der Waals surface area (Å²) in [6.07, 6.45) is 3.44. The molecule has 0 radical (unpaired) electrons. The first-order valence-corrected chi connectivity index (χ1v) is 11.8. The Morgan fingerprint density at radius 3 is 1.71 bits per heavy atom. The van der Waals surface area contributed by atoms with Crippen molar-refractivity contribution in [3.05, 3.63) is 102 Å². The van der Waals surface area contributed by atoms with E-state index < -0.39 is 0 Å². The first kappa shape index (κ1) is 21.8. The number of ether oxygens (including phenoxy) is 1. The molecule has 0 N–H and O–H groups in total. The Hall–Kier alpha value is -4.03. The third-order valence-corrected chi connectivity index (χ3v) is 6.60. The van der Waals surface area contributed by atoms with Gasteiger partial charge in [-0.15, -0.1) is 11.3 Å². The van der Waals surface area contributed by atoms with Gasteiger partial charge < -0.3 is 9.64 Å². The Morgan fingerprint density at radius 1 is 0.706 bits per heavy atom. The number of thiazole rings is 1. The molecule has 3 aromatic carbocycles. The molecule has 0 aliphatic heterocycles. The van der Waals surface area contributed by atoms with Crippen LogP contribution in [-0.2, 0) is 0 Å². The lowest BCUT2D eigenvalue weighted by molar-refractivity contribution is 0.402. The van der Waals surface area contributed by atoms with Gasteiger partial charge in [0.1, 0.15) is 0 Å². The molecule has 0 atom stereocenters. The molecule has 0 bridgehead atoms. The topological polar surface area (TPSA) is 51.1 Å². The van der Waals surface area contributed by atoms with Gasteiger partial charge in [-0.3, -0.25) is 0 Å². The van der Waals surface area contributed by atoms with Crippen LogP contribution in [0.2, 0.25) is 0 Å². The number of anilines is 3. The number of hydrogen-bond acceptors (Lipinski definition) is 6. The standard InChI is InChI=1S/C28H24N4OS/c1-19-5-11-22(12-6-19)32(23-13-7-20(2)8-14-23)24-15-9-21(10-16-24)25-27(33-3)31-28(34-25)26-29-17-4-18-30-26/h4-18H,1-3H3. The lowest BCUT2D eigenvalue weighted by Gasteiger charge is -2.26. The molecule has 5 rings (SSSR count). The van der Waals surface area contributed by atoms with Gasteiger partial charge in [0.2, 0.25) is 5.88 Å². The molecule has 0 fully saturated rings. The van der Waals surface area contributed by atoms with E-state index >= 15 is 0 Å². The summed E-state index contributed by atoms with van der Waals surface area (Å²) in [5.41, 5.74) is 6.80. The molecule has 0 amide bonds. The van der Waals surface area contributed by atoms with Gasteiger partial charge >= 0.3 is 0 Å². The summed E-state index contributed by atoms with van der Waals surface area (Å²) in [6.45, 7) is 4.21. The summed E-state index contributed by atoms with van der Waals surface area (Å²) < 4.78 is 5.57. The van der Waals surface area contributed by atoms with Crippen LogP contribution in [0.3, 0.4) is 0 Å². The molecule has 2 heterocycles. The van der Waals surface area contributed by atoms with Crippen LogP contribution in [0.4, 0.5) is 17.1 Å². The van der Waals surface area contributed by atoms with Gasteiger partial charge in [-0.25, -0.2) is 9.97 Å². The molecule has 5 nitrogen and oxygen atoms in total. The molecule has 0 spiro atoms. The molecule has 5 aromatic rings. The smallest absolute Gasteiger partial charge is 0.233 e. The predicted molar refractivity (Wildman–Crippen MR) is 139 cm³/mol. The number of hydrogen-bond donors (Lipinski definition) is 0. The van der Waals surface area contributed by atoms with Crippen molar-refractivity contribution < 1.29 is 4.74 Å². The zero-order valence-corrected chi connectivity index (χ0v) is 20.1. The SMILES string of the molecule is COc1nc(-c2ncccn2)sc1-c1ccc(N(c2ccc(C)cc2)c2ccc(C)cc2)cc1. The molecule has 2 aromatic heterocycles. The number of methoxy groups -OCH3 is 1. The van der Waals surface area contributed by atoms with Gasteiger partial charge in [0.05, 0.1) is 12.0 Å². The monoisotopic (exact) mass is 464 g/mol. The minimum Gasteiger partial charge on any atom is -0.480 e. The van der Waals surface area contributed by atoms with Crippen molar-refractivity contribution in [2.24, 2.45) is 0 Å². The number of aromatic nitrogens is 3. The Labute approximate surface area is 203 Å². The highest BCUT2D eigenvalue weighted by Crippen LogP contribution is 2.41. The van der Waals surface area contributed by atoms with Crippen LogP contribution >= 0.6 is 11.3 Å². The summed E-state index contributed by atoms with van der Waals surface area (Å²) in [7, 11) is 1.64. The number of aryl methyl sites for hydroxylation is 2. The van der Waals surface area contributed by atoms with Gasteiger partial charge in [0.25, 0.3) is 0 Å². The second-order valence-corrected chi connectivity index (χ2v) is 8.98. The van der Waals surface area contributed by atoms with E-state index in [0.717, 1.165) is 32.5 Å². The zero-order chi connectivity index (χ0) is 23.5. The highest BCUT2D eigenvalue weighted by molar-refractivity contribution is 7.18. The maximum atomic E-state index is 5.57. The van der Waals surface area contributed by atoms with Crippen molar-refractivity contribution in [3.63, 3.8) is 0 Å². The number of rotatable bonds is 6. The lowest BCUT2D eigenvalue weighted by atomic mass is 10.1. The summed E-state index contributed by atoms with van der Waals surface area (Å²) in [5.74, 6) is 1.17. The van der Waals surface area contributed by atoms with Crippen LogP contribution < -0.4 is 9.64 Å². The van der Waals surface area contributed by atoms with Gasteiger partial charge in [0, 0.05) is 29.5 Å². The van der Waals surface area contributed by atoms with E-state index in [1.54, 1.807) is 25.6 Å². The Kier molecular flexibility index (Phi) is 6.06. The maximum absolute atomic E-state index is 5.57. The van der Waals surface area contributed by atoms with Crippen molar-refractivity contribution in [1.29, 1.82) is 0 Å². The predicted octanol–water partition coefficient (Wildman–Crippen LogP) is 7.36. The minimum absolute atomic E-state index is 0.578. The van der Waals surface area contributed by atoms with Gasteiger partial charge in [-0.1, -0.05) is 47.5 Å². The average molecular weight is 465 g/mol. The van der Waals surface area contributed by atoms with Gasteiger partial charge in [-0.05, 0) is 61.9 Å². The highest BCUT2D eigenvalue weighted by atomic mass is 32.1. The molecule has 34 heavy (non-hydrogen) atoms. The van der Waals surface area contributed by atoms with Crippen LogP contribution in [0.1, 0.15) is 11.1 Å². The molecule has 0 unspecified atom stereocenters. The Bertz CT molecular complexity index is 1330. The summed E-state index contributed by atoms with van der Waals surface area (Å²) in [4.78, 5) is 16.5.